The number of hydrogen-bond donors (Lipinski definition) is 2. The van der Waals surface area contributed by atoms with Crippen molar-refractivity contribution in [2.75, 3.05) is 10.6 Å². The number of pyridine rings is 1. The smallest absolute Gasteiger partial charge is 0.276 e. The highest BCUT2D eigenvalue weighted by atomic mass is 35.5. The molecule has 0 saturated heterocycles. The van der Waals surface area contributed by atoms with Gasteiger partial charge in [0.15, 0.2) is 5.13 Å². The molecule has 0 bridgehead atoms. The molecule has 6 nitrogen and oxygen atoms in total. The number of nitrogens with zero attached hydrogens (tertiary/aromatic N) is 2. The zero-order valence-corrected chi connectivity index (χ0v) is 14.5. The lowest BCUT2D eigenvalue weighted by Crippen LogP contribution is -2.16. The van der Waals surface area contributed by atoms with Gasteiger partial charge in [0, 0.05) is 5.38 Å². The monoisotopic (exact) mass is 372 g/mol. The summed E-state index contributed by atoms with van der Waals surface area (Å²) in [6, 6.07) is 14.3. The van der Waals surface area contributed by atoms with Crippen molar-refractivity contribution in [1.29, 1.82) is 0 Å². The summed E-state index contributed by atoms with van der Waals surface area (Å²) in [5.41, 5.74) is 1.10. The lowest BCUT2D eigenvalue weighted by atomic mass is 10.1. The molecular weight excluding hydrogens is 360 g/mol. The summed E-state index contributed by atoms with van der Waals surface area (Å²) in [6.07, 6.45) is 0.244. The molecule has 126 valence electrons. The Balaban J connectivity index is 1.60. The van der Waals surface area contributed by atoms with Crippen molar-refractivity contribution < 1.29 is 9.59 Å². The summed E-state index contributed by atoms with van der Waals surface area (Å²) >= 11 is 6.96. The van der Waals surface area contributed by atoms with Crippen molar-refractivity contribution in [3.8, 4) is 0 Å². The molecule has 0 aliphatic carbocycles. The quantitative estimate of drug-likeness (QED) is 0.670. The molecule has 2 amide bonds. The average Bonchev–Trinajstić information content (AvgIpc) is 3.04. The van der Waals surface area contributed by atoms with Gasteiger partial charge in [-0.05, 0) is 17.7 Å². The first kappa shape index (κ1) is 17.1. The van der Waals surface area contributed by atoms with Crippen LogP contribution in [0.5, 0.6) is 0 Å². The first-order valence-electron chi connectivity index (χ1n) is 7.33. The van der Waals surface area contributed by atoms with Crippen LogP contribution in [-0.4, -0.2) is 21.8 Å². The number of rotatable bonds is 5. The van der Waals surface area contributed by atoms with E-state index in [9.17, 15) is 9.59 Å². The van der Waals surface area contributed by atoms with E-state index in [1.165, 1.54) is 11.3 Å². The van der Waals surface area contributed by atoms with E-state index in [2.05, 4.69) is 20.6 Å². The van der Waals surface area contributed by atoms with E-state index in [1.807, 2.05) is 30.3 Å². The third-order valence-electron chi connectivity index (χ3n) is 3.15. The Hall–Kier alpha value is -2.77. The molecule has 0 radical (unpaired) electrons. The van der Waals surface area contributed by atoms with Gasteiger partial charge in [0.2, 0.25) is 5.91 Å². The summed E-state index contributed by atoms with van der Waals surface area (Å²) in [7, 11) is 0. The summed E-state index contributed by atoms with van der Waals surface area (Å²) in [4.78, 5) is 32.3. The summed E-state index contributed by atoms with van der Waals surface area (Å²) in [6.45, 7) is 0. The second-order valence-electron chi connectivity index (χ2n) is 5.05. The number of halogens is 1. The van der Waals surface area contributed by atoms with E-state index in [1.54, 1.807) is 23.6 Å². The maximum atomic E-state index is 12.2. The number of amides is 2. The van der Waals surface area contributed by atoms with Crippen LogP contribution in [0.3, 0.4) is 0 Å². The molecule has 0 atom stereocenters. The van der Waals surface area contributed by atoms with Gasteiger partial charge in [0.25, 0.3) is 5.91 Å². The summed E-state index contributed by atoms with van der Waals surface area (Å²) in [5, 5.41) is 7.51. The van der Waals surface area contributed by atoms with Gasteiger partial charge >= 0.3 is 0 Å². The van der Waals surface area contributed by atoms with Gasteiger partial charge in [0.05, 0.1) is 6.42 Å². The lowest BCUT2D eigenvalue weighted by molar-refractivity contribution is -0.115. The molecule has 3 aromatic rings. The third-order valence-corrected chi connectivity index (χ3v) is 4.12. The molecule has 3 rings (SSSR count). The van der Waals surface area contributed by atoms with Crippen LogP contribution in [0.25, 0.3) is 0 Å². The van der Waals surface area contributed by atoms with Gasteiger partial charge in [-0.25, -0.2) is 9.97 Å². The van der Waals surface area contributed by atoms with Crippen LogP contribution in [0.4, 0.5) is 10.9 Å². The largest absolute Gasteiger partial charge is 0.305 e. The van der Waals surface area contributed by atoms with Gasteiger partial charge in [-0.15, -0.1) is 11.3 Å². The summed E-state index contributed by atoms with van der Waals surface area (Å²) in [5.74, 6) is -0.279. The van der Waals surface area contributed by atoms with E-state index < -0.39 is 5.91 Å². The molecule has 8 heteroatoms. The number of carbonyl (C=O) groups is 2. The zero-order chi connectivity index (χ0) is 17.6. The molecule has 0 fully saturated rings. The molecule has 0 aliphatic heterocycles. The minimum atomic E-state index is -0.422. The Labute approximate surface area is 152 Å². The summed E-state index contributed by atoms with van der Waals surface area (Å²) < 4.78 is 0. The van der Waals surface area contributed by atoms with Crippen molar-refractivity contribution >= 4 is 45.7 Å². The highest BCUT2D eigenvalue weighted by molar-refractivity contribution is 7.14. The first-order chi connectivity index (χ1) is 12.1. The fraction of sp³-hybridized carbons (Fsp3) is 0.0588. The molecule has 2 aromatic heterocycles. The Morgan fingerprint density at radius 2 is 1.80 bits per heavy atom. The number of hydrogen-bond acceptors (Lipinski definition) is 5. The van der Waals surface area contributed by atoms with Crippen LogP contribution < -0.4 is 10.6 Å². The van der Waals surface area contributed by atoms with Crippen LogP contribution in [0.2, 0.25) is 5.15 Å². The number of carbonyl (C=O) groups excluding carboxylic acids is 2. The minimum absolute atomic E-state index is 0.191. The van der Waals surface area contributed by atoms with Crippen LogP contribution in [-0.2, 0) is 11.2 Å². The number of benzene rings is 1. The van der Waals surface area contributed by atoms with E-state index in [0.29, 0.717) is 10.9 Å². The van der Waals surface area contributed by atoms with Gasteiger partial charge in [-0.1, -0.05) is 48.0 Å². The number of anilines is 2. The molecule has 0 saturated carbocycles. The third kappa shape index (κ3) is 4.85. The van der Waals surface area contributed by atoms with Crippen molar-refractivity contribution in [1.82, 2.24) is 9.97 Å². The Morgan fingerprint density at radius 1 is 1.00 bits per heavy atom. The van der Waals surface area contributed by atoms with E-state index in [0.717, 1.165) is 5.56 Å². The Kier molecular flexibility index (Phi) is 5.37. The molecule has 0 spiro atoms. The van der Waals surface area contributed by atoms with Crippen molar-refractivity contribution in [2.45, 2.75) is 6.42 Å². The second-order valence-corrected chi connectivity index (χ2v) is 6.29. The number of aromatic nitrogens is 2. The van der Waals surface area contributed by atoms with Gasteiger partial charge in [-0.3, -0.25) is 9.59 Å². The van der Waals surface area contributed by atoms with Gasteiger partial charge < -0.3 is 10.6 Å². The number of thiazole rings is 1. The fourth-order valence-corrected chi connectivity index (χ4v) is 2.91. The maximum absolute atomic E-state index is 12.2. The highest BCUT2D eigenvalue weighted by Gasteiger charge is 2.13. The molecule has 25 heavy (non-hydrogen) atoms. The van der Waals surface area contributed by atoms with Crippen LogP contribution in [0.1, 0.15) is 16.1 Å². The molecular formula is C17H13ClN4O2S. The van der Waals surface area contributed by atoms with Crippen molar-refractivity contribution in [3.05, 3.63) is 70.3 Å². The fourth-order valence-electron chi connectivity index (χ4n) is 2.04. The predicted octanol–water partition coefficient (Wildman–Crippen LogP) is 3.63. The van der Waals surface area contributed by atoms with Crippen molar-refractivity contribution in [2.24, 2.45) is 0 Å². The average molecular weight is 373 g/mol. The second kappa shape index (κ2) is 7.87. The van der Waals surface area contributed by atoms with E-state index in [4.69, 9.17) is 11.6 Å². The SMILES string of the molecule is O=C(Cc1ccccc1)Nc1nc(C(=O)Nc2cccc(Cl)n2)cs1. The molecule has 1 aromatic carbocycles. The molecule has 0 aliphatic rings. The molecule has 2 heterocycles. The van der Waals surface area contributed by atoms with E-state index >= 15 is 0 Å². The first-order valence-corrected chi connectivity index (χ1v) is 8.59. The normalized spacial score (nSPS) is 10.3. The van der Waals surface area contributed by atoms with Crippen molar-refractivity contribution in [3.63, 3.8) is 0 Å². The van der Waals surface area contributed by atoms with Gasteiger partial charge in [-0.2, -0.15) is 0 Å². The standard InChI is InChI=1S/C17H13ClN4O2S/c18-13-7-4-8-14(20-13)21-16(24)12-10-25-17(19-12)22-15(23)9-11-5-2-1-3-6-11/h1-8,10H,9H2,(H,19,22,23)(H,20,21,24). The predicted molar refractivity (Wildman–Crippen MR) is 98.1 cm³/mol. The minimum Gasteiger partial charge on any atom is -0.305 e. The lowest BCUT2D eigenvalue weighted by Gasteiger charge is -2.03. The van der Waals surface area contributed by atoms with Crippen LogP contribution in [0.15, 0.2) is 53.9 Å². The Bertz CT molecular complexity index is 898. The molecule has 0 unspecified atom stereocenters. The highest BCUT2D eigenvalue weighted by Crippen LogP contribution is 2.17. The molecule has 2 N–H and O–H groups in total. The number of nitrogens with one attached hydrogen (secondary N) is 2. The Morgan fingerprint density at radius 3 is 2.56 bits per heavy atom. The topological polar surface area (TPSA) is 84.0 Å². The maximum Gasteiger partial charge on any atom is 0.276 e. The van der Waals surface area contributed by atoms with Crippen LogP contribution in [0, 0.1) is 0 Å². The van der Waals surface area contributed by atoms with Crippen LogP contribution >= 0.6 is 22.9 Å². The van der Waals surface area contributed by atoms with E-state index in [-0.39, 0.29) is 23.2 Å². The zero-order valence-electron chi connectivity index (χ0n) is 12.9. The van der Waals surface area contributed by atoms with Gasteiger partial charge in [0.1, 0.15) is 16.7 Å².